The van der Waals surface area contributed by atoms with Gasteiger partial charge in [-0.2, -0.15) is 0 Å². The van der Waals surface area contributed by atoms with Crippen LogP contribution in [0.15, 0.2) is 11.4 Å². The van der Waals surface area contributed by atoms with Crippen molar-refractivity contribution < 1.29 is 9.59 Å². The summed E-state index contributed by atoms with van der Waals surface area (Å²) in [4.78, 5) is 27.4. The minimum absolute atomic E-state index is 0. The highest BCUT2D eigenvalue weighted by Gasteiger charge is 2.23. The number of thiophene rings is 1. The Morgan fingerprint density at radius 2 is 2.04 bits per heavy atom. The van der Waals surface area contributed by atoms with E-state index in [9.17, 15) is 9.59 Å². The lowest BCUT2D eigenvalue weighted by Crippen LogP contribution is -2.49. The number of halogens is 1. The highest BCUT2D eigenvalue weighted by atomic mass is 35.5. The molecular weight excluding hydrogens is 346 g/mol. The third-order valence-electron chi connectivity index (χ3n) is 4.77. The van der Waals surface area contributed by atoms with Gasteiger partial charge in [0.2, 0.25) is 11.8 Å². The monoisotopic (exact) mass is 373 g/mol. The van der Waals surface area contributed by atoms with E-state index in [0.29, 0.717) is 13.1 Å². The zero-order valence-corrected chi connectivity index (χ0v) is 16.1. The van der Waals surface area contributed by atoms with Crippen LogP contribution >= 0.6 is 23.7 Å². The summed E-state index contributed by atoms with van der Waals surface area (Å²) in [5.41, 5.74) is 7.07. The Kier molecular flexibility index (Phi) is 8.19. The highest BCUT2D eigenvalue weighted by molar-refractivity contribution is 7.10. The molecule has 1 aliphatic heterocycles. The van der Waals surface area contributed by atoms with Crippen LogP contribution in [0, 0.1) is 0 Å². The van der Waals surface area contributed by atoms with E-state index in [1.54, 1.807) is 11.3 Å². The van der Waals surface area contributed by atoms with Crippen molar-refractivity contribution in [1.29, 1.82) is 0 Å². The molecule has 0 aromatic carbocycles. The van der Waals surface area contributed by atoms with Gasteiger partial charge < -0.3 is 16.0 Å². The second kappa shape index (κ2) is 9.39. The van der Waals surface area contributed by atoms with Gasteiger partial charge in [-0.05, 0) is 36.3 Å². The largest absolute Gasteiger partial charge is 0.354 e. The summed E-state index contributed by atoms with van der Waals surface area (Å²) < 4.78 is 0. The van der Waals surface area contributed by atoms with Gasteiger partial charge in [0.15, 0.2) is 0 Å². The quantitative estimate of drug-likeness (QED) is 0.770. The molecular formula is C17H28ClN3O2S. The summed E-state index contributed by atoms with van der Waals surface area (Å²) in [7, 11) is 0. The molecule has 7 heteroatoms. The van der Waals surface area contributed by atoms with Crippen LogP contribution in [0.1, 0.15) is 50.0 Å². The van der Waals surface area contributed by atoms with Crippen LogP contribution < -0.4 is 11.1 Å². The van der Waals surface area contributed by atoms with Crippen LogP contribution in [-0.2, 0) is 22.6 Å². The number of nitrogens with two attached hydrogens (primary N) is 1. The van der Waals surface area contributed by atoms with Crippen LogP contribution in [0.4, 0.5) is 0 Å². The number of fused-ring (bicyclic) bond motifs is 1. The van der Waals surface area contributed by atoms with Gasteiger partial charge in [-0.15, -0.1) is 23.7 Å². The van der Waals surface area contributed by atoms with Gasteiger partial charge in [0.25, 0.3) is 0 Å². The van der Waals surface area contributed by atoms with Crippen molar-refractivity contribution in [1.82, 2.24) is 10.2 Å². The lowest BCUT2D eigenvalue weighted by atomic mass is 9.94. The average Bonchev–Trinajstić information content (AvgIpc) is 3.05. The van der Waals surface area contributed by atoms with Crippen LogP contribution in [0.3, 0.4) is 0 Å². The third-order valence-corrected chi connectivity index (χ3v) is 5.80. The molecule has 0 fully saturated rings. The van der Waals surface area contributed by atoms with Crippen LogP contribution in [-0.4, -0.2) is 35.3 Å². The summed E-state index contributed by atoms with van der Waals surface area (Å²) in [5.74, 6) is -0.0368. The highest BCUT2D eigenvalue weighted by Crippen LogP contribution is 2.24. The molecule has 5 nitrogen and oxygen atoms in total. The predicted molar refractivity (Wildman–Crippen MR) is 100 cm³/mol. The number of carbonyl (C=O) groups is 2. The summed E-state index contributed by atoms with van der Waals surface area (Å²) in [5, 5.41) is 4.94. The molecule has 0 atom stereocenters. The normalized spacial score (nSPS) is 13.9. The number of hydrogen-bond acceptors (Lipinski definition) is 4. The second-order valence-corrected chi connectivity index (χ2v) is 7.28. The van der Waals surface area contributed by atoms with Gasteiger partial charge in [0, 0.05) is 42.9 Å². The second-order valence-electron chi connectivity index (χ2n) is 6.28. The number of nitrogens with one attached hydrogen (secondary N) is 1. The zero-order valence-electron chi connectivity index (χ0n) is 14.5. The van der Waals surface area contributed by atoms with E-state index >= 15 is 0 Å². The van der Waals surface area contributed by atoms with E-state index in [1.807, 2.05) is 18.7 Å². The molecule has 2 amide bonds. The first kappa shape index (κ1) is 20.9. The molecule has 24 heavy (non-hydrogen) atoms. The predicted octanol–water partition coefficient (Wildman–Crippen LogP) is 2.47. The lowest BCUT2D eigenvalue weighted by molar-refractivity contribution is -0.134. The van der Waals surface area contributed by atoms with Crippen molar-refractivity contribution in [3.63, 3.8) is 0 Å². The Bertz CT molecular complexity index is 558. The van der Waals surface area contributed by atoms with Gasteiger partial charge in [-0.3, -0.25) is 9.59 Å². The molecule has 0 spiro atoms. The van der Waals surface area contributed by atoms with E-state index < -0.39 is 0 Å². The summed E-state index contributed by atoms with van der Waals surface area (Å²) in [6.45, 7) is 5.94. The molecule has 0 saturated carbocycles. The molecule has 0 radical (unpaired) electrons. The standard InChI is InChI=1S/C17H27N3O2S.ClH/c1-3-17(18,4-2)12-19-15(21)5-6-16(22)20-9-7-14-13(11-20)8-10-23-14;/h8,10H,3-7,9,11-12,18H2,1-2H3,(H,19,21);1H. The van der Waals surface area contributed by atoms with Gasteiger partial charge in [0.05, 0.1) is 0 Å². The minimum Gasteiger partial charge on any atom is -0.354 e. The summed E-state index contributed by atoms with van der Waals surface area (Å²) >= 11 is 1.76. The van der Waals surface area contributed by atoms with Crippen molar-refractivity contribution >= 4 is 35.6 Å². The molecule has 1 aromatic heterocycles. The molecule has 0 aliphatic carbocycles. The van der Waals surface area contributed by atoms with E-state index in [4.69, 9.17) is 5.73 Å². The van der Waals surface area contributed by atoms with E-state index in [-0.39, 0.29) is 42.6 Å². The third kappa shape index (κ3) is 5.46. The molecule has 1 aromatic rings. The van der Waals surface area contributed by atoms with E-state index in [0.717, 1.165) is 25.8 Å². The minimum atomic E-state index is -0.345. The average molecular weight is 374 g/mol. The van der Waals surface area contributed by atoms with Crippen molar-refractivity contribution in [2.24, 2.45) is 5.73 Å². The van der Waals surface area contributed by atoms with Gasteiger partial charge in [-0.25, -0.2) is 0 Å². The Labute approximate surface area is 154 Å². The zero-order chi connectivity index (χ0) is 16.9. The fraction of sp³-hybridized carbons (Fsp3) is 0.647. The van der Waals surface area contributed by atoms with Crippen LogP contribution in [0.5, 0.6) is 0 Å². The number of hydrogen-bond donors (Lipinski definition) is 2. The molecule has 0 saturated heterocycles. The molecule has 2 heterocycles. The van der Waals surface area contributed by atoms with Crippen molar-refractivity contribution in [2.45, 2.75) is 58.0 Å². The maximum absolute atomic E-state index is 12.3. The number of nitrogens with zero attached hydrogens (tertiary/aromatic N) is 1. The molecule has 3 N–H and O–H groups in total. The molecule has 2 rings (SSSR count). The van der Waals surface area contributed by atoms with Crippen molar-refractivity contribution in [3.05, 3.63) is 21.9 Å². The Morgan fingerprint density at radius 1 is 1.33 bits per heavy atom. The SMILES string of the molecule is CCC(N)(CC)CNC(=O)CCC(=O)N1CCc2sccc2C1.Cl. The Morgan fingerprint density at radius 3 is 2.71 bits per heavy atom. The molecule has 136 valence electrons. The van der Waals surface area contributed by atoms with Crippen molar-refractivity contribution in [2.75, 3.05) is 13.1 Å². The van der Waals surface area contributed by atoms with Gasteiger partial charge >= 0.3 is 0 Å². The van der Waals surface area contributed by atoms with Crippen LogP contribution in [0.2, 0.25) is 0 Å². The first-order valence-electron chi connectivity index (χ1n) is 8.36. The molecule has 0 unspecified atom stereocenters. The molecule has 0 bridgehead atoms. The maximum atomic E-state index is 12.3. The smallest absolute Gasteiger partial charge is 0.223 e. The topological polar surface area (TPSA) is 75.4 Å². The van der Waals surface area contributed by atoms with Gasteiger partial charge in [-0.1, -0.05) is 13.8 Å². The fourth-order valence-corrected chi connectivity index (χ4v) is 3.59. The van der Waals surface area contributed by atoms with E-state index in [2.05, 4.69) is 16.8 Å². The number of carbonyl (C=O) groups excluding carboxylic acids is 2. The lowest BCUT2D eigenvalue weighted by Gasteiger charge is -2.28. The Balaban J connectivity index is 0.00000288. The Hall–Kier alpha value is -1.11. The van der Waals surface area contributed by atoms with Gasteiger partial charge in [0.1, 0.15) is 0 Å². The fourth-order valence-electron chi connectivity index (χ4n) is 2.70. The number of amides is 2. The van der Waals surface area contributed by atoms with Crippen LogP contribution in [0.25, 0.3) is 0 Å². The number of rotatable bonds is 7. The summed E-state index contributed by atoms with van der Waals surface area (Å²) in [6, 6.07) is 2.09. The first-order chi connectivity index (χ1) is 11.0. The van der Waals surface area contributed by atoms with E-state index in [1.165, 1.54) is 10.4 Å². The maximum Gasteiger partial charge on any atom is 0.223 e. The summed E-state index contributed by atoms with van der Waals surface area (Å²) in [6.07, 6.45) is 3.06. The molecule has 1 aliphatic rings. The van der Waals surface area contributed by atoms with Crippen molar-refractivity contribution in [3.8, 4) is 0 Å². The first-order valence-corrected chi connectivity index (χ1v) is 9.24.